The van der Waals surface area contributed by atoms with Gasteiger partial charge in [-0.1, -0.05) is 36.4 Å². The number of fused-ring (bicyclic) bond motifs is 1. The van der Waals surface area contributed by atoms with Crippen molar-refractivity contribution in [3.63, 3.8) is 0 Å². The summed E-state index contributed by atoms with van der Waals surface area (Å²) in [6, 6.07) is 15.7. The molecular weight excluding hydrogens is 330 g/mol. The molecule has 0 saturated heterocycles. The third-order valence-corrected chi connectivity index (χ3v) is 5.29. The number of methoxy groups -OCH3 is 1. The molecule has 0 atom stereocenters. The van der Waals surface area contributed by atoms with Gasteiger partial charge >= 0.3 is 0 Å². The average Bonchev–Trinajstić information content (AvgIpc) is 3.13. The topological polar surface area (TPSA) is 39.2 Å². The number of nitrogens with zero attached hydrogens (tertiary/aromatic N) is 1. The first-order valence-electron chi connectivity index (χ1n) is 8.18. The normalized spacial score (nSPS) is 15.2. The van der Waals surface area contributed by atoms with E-state index in [0.29, 0.717) is 0 Å². The molecule has 0 amide bonds. The van der Waals surface area contributed by atoms with Crippen LogP contribution in [0.4, 0.5) is 0 Å². The largest absolute Gasteiger partial charge is 0.497 e. The first-order chi connectivity index (χ1) is 12.2. The summed E-state index contributed by atoms with van der Waals surface area (Å²) in [5.74, 6) is 0.935. The van der Waals surface area contributed by atoms with Crippen molar-refractivity contribution in [3.05, 3.63) is 76.3 Å². The molecule has 2 aromatic carbocycles. The molecule has 3 aromatic rings. The second-order valence-corrected chi connectivity index (χ2v) is 6.82. The van der Waals surface area contributed by atoms with E-state index in [1.165, 1.54) is 0 Å². The summed E-state index contributed by atoms with van der Waals surface area (Å²) in [5.41, 5.74) is 4.66. The van der Waals surface area contributed by atoms with E-state index in [0.717, 1.165) is 51.6 Å². The van der Waals surface area contributed by atoms with Gasteiger partial charge in [0.1, 0.15) is 10.8 Å². The minimum Gasteiger partial charge on any atom is -0.497 e. The summed E-state index contributed by atoms with van der Waals surface area (Å²) < 4.78 is 5.27. The first kappa shape index (κ1) is 15.8. The second kappa shape index (κ2) is 6.65. The molecule has 1 heterocycles. The van der Waals surface area contributed by atoms with Gasteiger partial charge in [0.05, 0.1) is 12.8 Å². The Balaban J connectivity index is 1.63. The van der Waals surface area contributed by atoms with Gasteiger partial charge in [-0.15, -0.1) is 11.3 Å². The highest BCUT2D eigenvalue weighted by atomic mass is 32.1. The summed E-state index contributed by atoms with van der Waals surface area (Å²) in [4.78, 5) is 17.3. The van der Waals surface area contributed by atoms with Gasteiger partial charge < -0.3 is 4.74 Å². The van der Waals surface area contributed by atoms with Crippen molar-refractivity contribution in [3.8, 4) is 16.3 Å². The molecule has 124 valence electrons. The van der Waals surface area contributed by atoms with E-state index in [9.17, 15) is 4.79 Å². The van der Waals surface area contributed by atoms with E-state index in [4.69, 9.17) is 4.74 Å². The Morgan fingerprint density at radius 2 is 2.00 bits per heavy atom. The van der Waals surface area contributed by atoms with Gasteiger partial charge in [0.15, 0.2) is 5.78 Å². The van der Waals surface area contributed by atoms with Gasteiger partial charge in [0.25, 0.3) is 0 Å². The fourth-order valence-electron chi connectivity index (χ4n) is 3.07. The van der Waals surface area contributed by atoms with Crippen LogP contribution in [0.1, 0.15) is 28.0 Å². The molecule has 0 saturated carbocycles. The van der Waals surface area contributed by atoms with Crippen LogP contribution in [0.5, 0.6) is 5.75 Å². The van der Waals surface area contributed by atoms with Crippen molar-refractivity contribution in [1.29, 1.82) is 0 Å². The van der Waals surface area contributed by atoms with Crippen LogP contribution >= 0.6 is 11.3 Å². The molecule has 0 N–H and O–H groups in total. The van der Waals surface area contributed by atoms with Crippen molar-refractivity contribution in [2.45, 2.75) is 12.8 Å². The van der Waals surface area contributed by atoms with Crippen LogP contribution in [0.15, 0.2) is 59.5 Å². The lowest BCUT2D eigenvalue weighted by atomic mass is 9.86. The standard InChI is InChI=1S/C21H17NO2S/c1-24-18-7-4-6-16(12-18)21-22-17(13-25-21)11-15-10-9-14-5-2-3-8-19(14)20(15)23/h2-8,11-13H,9-10H2,1H3/b15-11-. The number of carbonyl (C=O) groups is 1. The third kappa shape index (κ3) is 3.13. The van der Waals surface area contributed by atoms with Crippen molar-refractivity contribution in [1.82, 2.24) is 4.98 Å². The number of hydrogen-bond acceptors (Lipinski definition) is 4. The van der Waals surface area contributed by atoms with E-state index in [1.54, 1.807) is 18.4 Å². The van der Waals surface area contributed by atoms with E-state index in [2.05, 4.69) is 4.98 Å². The molecule has 0 bridgehead atoms. The highest BCUT2D eigenvalue weighted by Crippen LogP contribution is 2.30. The lowest BCUT2D eigenvalue weighted by molar-refractivity contribution is 0.102. The SMILES string of the molecule is COc1cccc(-c2nc(/C=C3/CCc4ccccc4C3=O)cs2)c1. The Hall–Kier alpha value is -2.72. The quantitative estimate of drug-likeness (QED) is 0.624. The Morgan fingerprint density at radius 1 is 1.12 bits per heavy atom. The fourth-order valence-corrected chi connectivity index (χ4v) is 3.85. The number of carbonyl (C=O) groups excluding carboxylic acids is 1. The molecule has 0 spiro atoms. The number of aromatic nitrogens is 1. The van der Waals surface area contributed by atoms with Crippen LogP contribution in [-0.2, 0) is 6.42 Å². The zero-order valence-electron chi connectivity index (χ0n) is 13.9. The van der Waals surface area contributed by atoms with Crippen molar-refractivity contribution < 1.29 is 9.53 Å². The Bertz CT molecular complexity index is 971. The molecule has 1 aromatic heterocycles. The van der Waals surface area contributed by atoms with Gasteiger partial charge in [0.2, 0.25) is 0 Å². The van der Waals surface area contributed by atoms with E-state index < -0.39 is 0 Å². The molecule has 1 aliphatic carbocycles. The number of aryl methyl sites for hydroxylation is 1. The minimum atomic E-state index is 0.123. The van der Waals surface area contributed by atoms with Crippen LogP contribution in [0.3, 0.4) is 0 Å². The second-order valence-electron chi connectivity index (χ2n) is 5.97. The smallest absolute Gasteiger partial charge is 0.189 e. The highest BCUT2D eigenvalue weighted by Gasteiger charge is 2.21. The number of allylic oxidation sites excluding steroid dienone is 1. The lowest BCUT2D eigenvalue weighted by Gasteiger charge is -2.16. The molecule has 0 aliphatic heterocycles. The zero-order valence-corrected chi connectivity index (χ0v) is 14.7. The molecule has 1 aliphatic rings. The maximum absolute atomic E-state index is 12.7. The molecule has 0 fully saturated rings. The summed E-state index contributed by atoms with van der Waals surface area (Å²) in [6.45, 7) is 0. The molecule has 4 rings (SSSR count). The number of benzene rings is 2. The summed E-state index contributed by atoms with van der Waals surface area (Å²) in [5, 5.41) is 2.92. The van der Waals surface area contributed by atoms with Crippen LogP contribution in [-0.4, -0.2) is 17.9 Å². The fraction of sp³-hybridized carbons (Fsp3) is 0.143. The van der Waals surface area contributed by atoms with Gasteiger partial charge in [-0.3, -0.25) is 4.79 Å². The average molecular weight is 347 g/mol. The van der Waals surface area contributed by atoms with Gasteiger partial charge in [-0.05, 0) is 36.6 Å². The molecule has 0 radical (unpaired) electrons. The number of thiazole rings is 1. The van der Waals surface area contributed by atoms with Gasteiger partial charge in [-0.25, -0.2) is 4.98 Å². The first-order valence-corrected chi connectivity index (χ1v) is 9.06. The third-order valence-electron chi connectivity index (χ3n) is 4.38. The summed E-state index contributed by atoms with van der Waals surface area (Å²) in [6.07, 6.45) is 3.60. The number of hydrogen-bond donors (Lipinski definition) is 0. The monoisotopic (exact) mass is 347 g/mol. The molecule has 0 unspecified atom stereocenters. The van der Waals surface area contributed by atoms with Crippen molar-refractivity contribution >= 4 is 23.2 Å². The molecular formula is C21H17NO2S. The van der Waals surface area contributed by atoms with Gasteiger partial charge in [0, 0.05) is 22.1 Å². The number of ether oxygens (including phenoxy) is 1. The predicted octanol–water partition coefficient (Wildman–Crippen LogP) is 5.03. The Morgan fingerprint density at radius 3 is 2.88 bits per heavy atom. The van der Waals surface area contributed by atoms with Crippen LogP contribution in [0.2, 0.25) is 0 Å². The number of ketones is 1. The van der Waals surface area contributed by atoms with E-state index in [-0.39, 0.29) is 5.78 Å². The Labute approximate surface area is 150 Å². The van der Waals surface area contributed by atoms with E-state index >= 15 is 0 Å². The van der Waals surface area contributed by atoms with Crippen molar-refractivity contribution in [2.24, 2.45) is 0 Å². The minimum absolute atomic E-state index is 0.123. The van der Waals surface area contributed by atoms with E-state index in [1.807, 2.05) is 60.0 Å². The van der Waals surface area contributed by atoms with Crippen LogP contribution < -0.4 is 4.74 Å². The lowest BCUT2D eigenvalue weighted by Crippen LogP contribution is -2.13. The maximum Gasteiger partial charge on any atom is 0.189 e. The summed E-state index contributed by atoms with van der Waals surface area (Å²) >= 11 is 1.57. The maximum atomic E-state index is 12.7. The highest BCUT2D eigenvalue weighted by molar-refractivity contribution is 7.13. The molecule has 3 nitrogen and oxygen atoms in total. The van der Waals surface area contributed by atoms with Crippen LogP contribution in [0, 0.1) is 0 Å². The molecule has 4 heteroatoms. The zero-order chi connectivity index (χ0) is 17.2. The van der Waals surface area contributed by atoms with Gasteiger partial charge in [-0.2, -0.15) is 0 Å². The Kier molecular flexibility index (Phi) is 4.20. The van der Waals surface area contributed by atoms with Crippen molar-refractivity contribution in [2.75, 3.05) is 7.11 Å². The molecule has 25 heavy (non-hydrogen) atoms. The van der Waals surface area contributed by atoms with Crippen LogP contribution in [0.25, 0.3) is 16.6 Å². The summed E-state index contributed by atoms with van der Waals surface area (Å²) in [7, 11) is 1.66. The number of Topliss-reactive ketones (excluding diaryl/α,β-unsaturated/α-hetero) is 1. The number of rotatable bonds is 3. The predicted molar refractivity (Wildman–Crippen MR) is 101 cm³/mol.